The van der Waals surface area contributed by atoms with Crippen LogP contribution in [0.5, 0.6) is 0 Å². The van der Waals surface area contributed by atoms with Crippen LogP contribution in [0.2, 0.25) is 0 Å². The van der Waals surface area contributed by atoms with Crippen LogP contribution < -0.4 is 5.32 Å². The summed E-state index contributed by atoms with van der Waals surface area (Å²) in [5.74, 6) is 0.611. The van der Waals surface area contributed by atoms with Crippen LogP contribution in [0.15, 0.2) is 97.7 Å². The lowest BCUT2D eigenvalue weighted by molar-refractivity contribution is 0.0934. The van der Waals surface area contributed by atoms with Gasteiger partial charge in [0.25, 0.3) is 5.91 Å². The van der Waals surface area contributed by atoms with Crippen molar-refractivity contribution < 1.29 is 4.79 Å². The molecule has 0 fully saturated rings. The summed E-state index contributed by atoms with van der Waals surface area (Å²) >= 11 is 0. The molecule has 0 spiro atoms. The van der Waals surface area contributed by atoms with Crippen LogP contribution in [-0.4, -0.2) is 20.4 Å². The van der Waals surface area contributed by atoms with Crippen molar-refractivity contribution in [1.29, 1.82) is 0 Å². The molecule has 150 valence electrons. The van der Waals surface area contributed by atoms with Crippen LogP contribution in [0, 0.1) is 0 Å². The normalized spacial score (nSPS) is 11.7. The minimum absolute atomic E-state index is 0.0456. The van der Waals surface area contributed by atoms with Gasteiger partial charge in [0.15, 0.2) is 0 Å². The van der Waals surface area contributed by atoms with Crippen LogP contribution >= 0.6 is 0 Å². The average Bonchev–Trinajstić information content (AvgIpc) is 3.35. The average molecular weight is 396 g/mol. The fourth-order valence-corrected chi connectivity index (χ4v) is 3.47. The van der Waals surface area contributed by atoms with Crippen molar-refractivity contribution in [2.75, 3.05) is 0 Å². The Kier molecular flexibility index (Phi) is 6.30. The smallest absolute Gasteiger partial charge is 0.253 e. The van der Waals surface area contributed by atoms with E-state index in [9.17, 15) is 4.79 Å². The first kappa shape index (κ1) is 19.6. The van der Waals surface area contributed by atoms with Crippen molar-refractivity contribution in [2.45, 2.75) is 25.3 Å². The Balaban J connectivity index is 1.43. The first-order valence-electron chi connectivity index (χ1n) is 10.1. The summed E-state index contributed by atoms with van der Waals surface area (Å²) < 4.78 is 1.80. The first-order chi connectivity index (χ1) is 14.8. The van der Waals surface area contributed by atoms with E-state index >= 15 is 0 Å². The van der Waals surface area contributed by atoms with E-state index in [1.807, 2.05) is 36.5 Å². The fourth-order valence-electron chi connectivity index (χ4n) is 3.47. The van der Waals surface area contributed by atoms with E-state index < -0.39 is 0 Å². The van der Waals surface area contributed by atoms with Crippen molar-refractivity contribution in [3.8, 4) is 5.82 Å². The zero-order valence-electron chi connectivity index (χ0n) is 16.7. The van der Waals surface area contributed by atoms with Gasteiger partial charge in [0.05, 0.1) is 11.6 Å². The third-order valence-electron chi connectivity index (χ3n) is 5.09. The SMILES string of the molecule is O=C(NC(CCCc1ccccc1)c1ccccc1)c1ccc(-n2ccnc2)nc1. The number of imidazole rings is 1. The summed E-state index contributed by atoms with van der Waals surface area (Å²) in [5, 5.41) is 3.19. The van der Waals surface area contributed by atoms with Crippen molar-refractivity contribution in [3.05, 3.63) is 114 Å². The molecular weight excluding hydrogens is 372 g/mol. The topological polar surface area (TPSA) is 59.8 Å². The van der Waals surface area contributed by atoms with Crippen LogP contribution in [0.3, 0.4) is 0 Å². The molecule has 1 N–H and O–H groups in total. The molecule has 0 bridgehead atoms. The van der Waals surface area contributed by atoms with E-state index in [4.69, 9.17) is 0 Å². The van der Waals surface area contributed by atoms with E-state index in [1.165, 1.54) is 5.56 Å². The highest BCUT2D eigenvalue weighted by Crippen LogP contribution is 2.20. The molecule has 2 aromatic heterocycles. The number of benzene rings is 2. The van der Waals surface area contributed by atoms with Gasteiger partial charge in [-0.05, 0) is 42.5 Å². The number of pyridine rings is 1. The molecule has 0 saturated heterocycles. The van der Waals surface area contributed by atoms with Crippen molar-refractivity contribution in [2.24, 2.45) is 0 Å². The lowest BCUT2D eigenvalue weighted by Gasteiger charge is -2.19. The highest BCUT2D eigenvalue weighted by molar-refractivity contribution is 5.94. The third-order valence-corrected chi connectivity index (χ3v) is 5.09. The molecule has 2 heterocycles. The molecular formula is C25H24N4O. The summed E-state index contributed by atoms with van der Waals surface area (Å²) in [7, 11) is 0. The molecule has 4 rings (SSSR count). The van der Waals surface area contributed by atoms with Gasteiger partial charge in [-0.25, -0.2) is 9.97 Å². The molecule has 0 aliphatic carbocycles. The van der Waals surface area contributed by atoms with Gasteiger partial charge in [-0.3, -0.25) is 9.36 Å². The zero-order chi connectivity index (χ0) is 20.6. The minimum atomic E-state index is -0.117. The van der Waals surface area contributed by atoms with E-state index in [1.54, 1.807) is 29.4 Å². The number of hydrogen-bond donors (Lipinski definition) is 1. The molecule has 0 aliphatic rings. The summed E-state index contributed by atoms with van der Waals surface area (Å²) in [6.07, 6.45) is 9.65. The zero-order valence-corrected chi connectivity index (χ0v) is 16.7. The van der Waals surface area contributed by atoms with Gasteiger partial charge in [0, 0.05) is 18.6 Å². The molecule has 5 heteroatoms. The summed E-state index contributed by atoms with van der Waals surface area (Å²) in [5.41, 5.74) is 2.97. The Morgan fingerprint density at radius 3 is 2.40 bits per heavy atom. The predicted octanol–water partition coefficient (Wildman–Crippen LogP) is 4.76. The number of hydrogen-bond acceptors (Lipinski definition) is 3. The number of amides is 1. The number of carbonyl (C=O) groups excluding carboxylic acids is 1. The number of nitrogens with zero attached hydrogens (tertiary/aromatic N) is 3. The van der Waals surface area contributed by atoms with Crippen molar-refractivity contribution in [3.63, 3.8) is 0 Å². The van der Waals surface area contributed by atoms with Gasteiger partial charge in [0.1, 0.15) is 12.1 Å². The van der Waals surface area contributed by atoms with Crippen LogP contribution in [0.1, 0.15) is 40.4 Å². The predicted molar refractivity (Wildman–Crippen MR) is 117 cm³/mol. The van der Waals surface area contributed by atoms with Crippen LogP contribution in [0.4, 0.5) is 0 Å². The molecule has 1 atom stereocenters. The lowest BCUT2D eigenvalue weighted by Crippen LogP contribution is -2.28. The molecule has 5 nitrogen and oxygen atoms in total. The van der Waals surface area contributed by atoms with Gasteiger partial charge in [0.2, 0.25) is 0 Å². The largest absolute Gasteiger partial charge is 0.345 e. The molecule has 1 amide bonds. The number of aryl methyl sites for hydroxylation is 1. The molecule has 1 unspecified atom stereocenters. The number of nitrogens with one attached hydrogen (secondary N) is 1. The monoisotopic (exact) mass is 396 g/mol. The quantitative estimate of drug-likeness (QED) is 0.467. The molecule has 0 radical (unpaired) electrons. The number of rotatable bonds is 8. The summed E-state index contributed by atoms with van der Waals surface area (Å²) in [6.45, 7) is 0. The van der Waals surface area contributed by atoms with E-state index in [-0.39, 0.29) is 11.9 Å². The van der Waals surface area contributed by atoms with Gasteiger partial charge in [-0.2, -0.15) is 0 Å². The number of carbonyl (C=O) groups is 1. The van der Waals surface area contributed by atoms with Gasteiger partial charge in [-0.1, -0.05) is 60.7 Å². The van der Waals surface area contributed by atoms with Crippen molar-refractivity contribution >= 4 is 5.91 Å². The molecule has 30 heavy (non-hydrogen) atoms. The summed E-state index contributed by atoms with van der Waals surface area (Å²) in [6, 6.07) is 24.1. The molecule has 2 aromatic carbocycles. The second-order valence-corrected chi connectivity index (χ2v) is 7.19. The van der Waals surface area contributed by atoms with Crippen molar-refractivity contribution in [1.82, 2.24) is 19.9 Å². The Bertz CT molecular complexity index is 1050. The van der Waals surface area contributed by atoms with Crippen LogP contribution in [-0.2, 0) is 6.42 Å². The maximum atomic E-state index is 12.9. The second-order valence-electron chi connectivity index (χ2n) is 7.19. The Labute approximate surface area is 176 Å². The lowest BCUT2D eigenvalue weighted by atomic mass is 9.98. The minimum Gasteiger partial charge on any atom is -0.345 e. The van der Waals surface area contributed by atoms with E-state index in [2.05, 4.69) is 51.7 Å². The van der Waals surface area contributed by atoms with Gasteiger partial charge >= 0.3 is 0 Å². The van der Waals surface area contributed by atoms with E-state index in [0.29, 0.717) is 5.56 Å². The highest BCUT2D eigenvalue weighted by atomic mass is 16.1. The first-order valence-corrected chi connectivity index (χ1v) is 10.1. The van der Waals surface area contributed by atoms with Crippen LogP contribution in [0.25, 0.3) is 5.82 Å². The molecule has 0 aliphatic heterocycles. The van der Waals surface area contributed by atoms with E-state index in [0.717, 1.165) is 30.6 Å². The maximum Gasteiger partial charge on any atom is 0.253 e. The van der Waals surface area contributed by atoms with Gasteiger partial charge in [-0.15, -0.1) is 0 Å². The van der Waals surface area contributed by atoms with Gasteiger partial charge < -0.3 is 5.32 Å². The number of aromatic nitrogens is 3. The highest BCUT2D eigenvalue weighted by Gasteiger charge is 2.16. The standard InChI is InChI=1S/C25H24N4O/c30-25(22-14-15-24(27-18-22)29-17-16-26-19-29)28-23(21-11-5-2-6-12-21)13-7-10-20-8-3-1-4-9-20/h1-6,8-9,11-12,14-19,23H,7,10,13H2,(H,28,30). The second kappa shape index (κ2) is 9.65. The summed E-state index contributed by atoms with van der Waals surface area (Å²) in [4.78, 5) is 21.3. The molecule has 4 aromatic rings. The molecule has 0 saturated carbocycles. The fraction of sp³-hybridized carbons (Fsp3) is 0.160. The Morgan fingerprint density at radius 1 is 0.967 bits per heavy atom. The Morgan fingerprint density at radius 2 is 1.73 bits per heavy atom. The Hall–Kier alpha value is -3.73. The third kappa shape index (κ3) is 5.00. The maximum absolute atomic E-state index is 12.9.